The van der Waals surface area contributed by atoms with E-state index in [0.717, 1.165) is 48.9 Å². The smallest absolute Gasteiger partial charge is 0.225 e. The van der Waals surface area contributed by atoms with Crippen LogP contribution in [0, 0.1) is 5.92 Å². The van der Waals surface area contributed by atoms with Crippen molar-refractivity contribution >= 4 is 39.1 Å². The Kier molecular flexibility index (Phi) is 4.64. The lowest BCUT2D eigenvalue weighted by Gasteiger charge is -2.26. The van der Waals surface area contributed by atoms with Crippen molar-refractivity contribution in [2.75, 3.05) is 13.6 Å². The number of aromatic nitrogens is 2. The maximum absolute atomic E-state index is 12.6. The van der Waals surface area contributed by atoms with E-state index in [9.17, 15) is 4.79 Å². The average Bonchev–Trinajstić information content (AvgIpc) is 2.90. The van der Waals surface area contributed by atoms with E-state index in [1.54, 1.807) is 11.3 Å². The topological polar surface area (TPSA) is 46.1 Å². The average molecular weight is 338 g/mol. The van der Waals surface area contributed by atoms with Gasteiger partial charge in [-0.15, -0.1) is 11.3 Å². The van der Waals surface area contributed by atoms with Crippen molar-refractivity contribution in [1.29, 1.82) is 0 Å². The number of unbranched alkanes of at least 4 members (excludes halogenated alkanes) is 1. The maximum atomic E-state index is 12.6. The van der Waals surface area contributed by atoms with Crippen molar-refractivity contribution in [2.45, 2.75) is 39.0 Å². The van der Waals surface area contributed by atoms with Crippen molar-refractivity contribution in [1.82, 2.24) is 14.9 Å². The number of halogens is 1. The molecule has 1 unspecified atom stereocenters. The Morgan fingerprint density at radius 1 is 1.50 bits per heavy atom. The SMILES string of the molecule is CCCCN(C)C(=O)C1CCc2c(sc3ncnc(Cl)c23)C1. The standard InChI is InChI=1S/C16H20ClN3OS/c1-3-4-7-20(2)16(21)10-5-6-11-12(8-10)22-15-13(11)14(17)18-9-19-15/h9-10H,3-8H2,1-2H3. The van der Waals surface area contributed by atoms with Gasteiger partial charge in [0.1, 0.15) is 16.3 Å². The predicted octanol–water partition coefficient (Wildman–Crippen LogP) is 3.71. The zero-order chi connectivity index (χ0) is 15.7. The molecule has 1 amide bonds. The van der Waals surface area contributed by atoms with Gasteiger partial charge in [-0.05, 0) is 31.2 Å². The predicted molar refractivity (Wildman–Crippen MR) is 90.5 cm³/mol. The highest BCUT2D eigenvalue weighted by molar-refractivity contribution is 7.19. The van der Waals surface area contributed by atoms with Gasteiger partial charge in [-0.1, -0.05) is 24.9 Å². The van der Waals surface area contributed by atoms with E-state index in [0.29, 0.717) is 5.15 Å². The Balaban J connectivity index is 1.81. The highest BCUT2D eigenvalue weighted by atomic mass is 35.5. The normalized spacial score (nSPS) is 17.5. The molecule has 0 aliphatic heterocycles. The summed E-state index contributed by atoms with van der Waals surface area (Å²) in [5.41, 5.74) is 1.26. The fourth-order valence-electron chi connectivity index (χ4n) is 3.10. The van der Waals surface area contributed by atoms with E-state index in [-0.39, 0.29) is 11.8 Å². The number of aryl methyl sites for hydroxylation is 1. The molecule has 22 heavy (non-hydrogen) atoms. The van der Waals surface area contributed by atoms with E-state index < -0.39 is 0 Å². The fourth-order valence-corrected chi connectivity index (χ4v) is 4.67. The fraction of sp³-hybridized carbons (Fsp3) is 0.562. The molecule has 0 spiro atoms. The third-order valence-corrected chi connectivity index (χ3v) is 5.82. The highest BCUT2D eigenvalue weighted by Crippen LogP contribution is 2.39. The minimum atomic E-state index is 0.0918. The molecule has 2 heterocycles. The maximum Gasteiger partial charge on any atom is 0.225 e. The summed E-state index contributed by atoms with van der Waals surface area (Å²) < 4.78 is 0. The van der Waals surface area contributed by atoms with Gasteiger partial charge >= 0.3 is 0 Å². The first-order valence-corrected chi connectivity index (χ1v) is 8.97. The molecule has 2 aromatic heterocycles. The summed E-state index contributed by atoms with van der Waals surface area (Å²) in [6, 6.07) is 0. The third kappa shape index (κ3) is 2.84. The molecule has 0 bridgehead atoms. The van der Waals surface area contributed by atoms with Crippen LogP contribution in [0.3, 0.4) is 0 Å². The van der Waals surface area contributed by atoms with Crippen LogP contribution in [0.1, 0.15) is 36.6 Å². The van der Waals surface area contributed by atoms with Crippen LogP contribution < -0.4 is 0 Å². The molecule has 0 aromatic carbocycles. The van der Waals surface area contributed by atoms with Gasteiger partial charge in [0.2, 0.25) is 5.91 Å². The summed E-state index contributed by atoms with van der Waals surface area (Å²) >= 11 is 7.88. The molecule has 6 heteroatoms. The van der Waals surface area contributed by atoms with Crippen LogP contribution in [0.4, 0.5) is 0 Å². The summed E-state index contributed by atoms with van der Waals surface area (Å²) in [5, 5.41) is 1.53. The summed E-state index contributed by atoms with van der Waals surface area (Å²) in [5.74, 6) is 0.364. The van der Waals surface area contributed by atoms with Crippen molar-refractivity contribution in [3.05, 3.63) is 21.9 Å². The van der Waals surface area contributed by atoms with Gasteiger partial charge in [0.05, 0.1) is 5.39 Å². The lowest BCUT2D eigenvalue weighted by Crippen LogP contribution is -2.36. The van der Waals surface area contributed by atoms with Crippen LogP contribution >= 0.6 is 22.9 Å². The number of thiophene rings is 1. The van der Waals surface area contributed by atoms with E-state index >= 15 is 0 Å². The quantitative estimate of drug-likeness (QED) is 0.799. The molecular formula is C16H20ClN3OS. The Hall–Kier alpha value is -1.20. The molecule has 0 saturated carbocycles. The van der Waals surface area contributed by atoms with Gasteiger partial charge in [0.15, 0.2) is 0 Å². The number of hydrogen-bond acceptors (Lipinski definition) is 4. The van der Waals surface area contributed by atoms with Crippen LogP contribution in [-0.4, -0.2) is 34.4 Å². The van der Waals surface area contributed by atoms with Gasteiger partial charge in [-0.3, -0.25) is 4.79 Å². The van der Waals surface area contributed by atoms with Gasteiger partial charge in [0, 0.05) is 24.4 Å². The van der Waals surface area contributed by atoms with Gasteiger partial charge in [0.25, 0.3) is 0 Å². The Morgan fingerprint density at radius 2 is 2.32 bits per heavy atom. The second kappa shape index (κ2) is 6.50. The number of amides is 1. The van der Waals surface area contributed by atoms with E-state index in [2.05, 4.69) is 16.9 Å². The van der Waals surface area contributed by atoms with Crippen LogP contribution in [0.5, 0.6) is 0 Å². The first-order valence-electron chi connectivity index (χ1n) is 7.77. The number of rotatable bonds is 4. The molecule has 2 aromatic rings. The zero-order valence-electron chi connectivity index (χ0n) is 12.9. The third-order valence-electron chi connectivity index (χ3n) is 4.37. The molecule has 3 rings (SSSR count). The zero-order valence-corrected chi connectivity index (χ0v) is 14.5. The molecule has 1 aliphatic rings. The number of hydrogen-bond donors (Lipinski definition) is 0. The largest absolute Gasteiger partial charge is 0.346 e. The number of fused-ring (bicyclic) bond motifs is 3. The Labute approximate surface area is 139 Å². The molecule has 0 fully saturated rings. The molecule has 1 aliphatic carbocycles. The monoisotopic (exact) mass is 337 g/mol. The molecule has 0 radical (unpaired) electrons. The van der Waals surface area contributed by atoms with Crippen molar-refractivity contribution in [3.63, 3.8) is 0 Å². The summed E-state index contributed by atoms with van der Waals surface area (Å²) in [4.78, 5) is 25.1. The van der Waals surface area contributed by atoms with Gasteiger partial charge in [-0.2, -0.15) is 0 Å². The molecule has 4 nitrogen and oxygen atoms in total. The second-order valence-electron chi connectivity index (χ2n) is 5.90. The van der Waals surface area contributed by atoms with Crippen molar-refractivity contribution in [2.24, 2.45) is 5.92 Å². The molecular weight excluding hydrogens is 318 g/mol. The summed E-state index contributed by atoms with van der Waals surface area (Å²) in [7, 11) is 1.92. The van der Waals surface area contributed by atoms with Crippen LogP contribution in [0.25, 0.3) is 10.2 Å². The van der Waals surface area contributed by atoms with Crippen LogP contribution in [0.2, 0.25) is 5.15 Å². The minimum absolute atomic E-state index is 0.0918. The first-order chi connectivity index (χ1) is 10.6. The molecule has 0 N–H and O–H groups in total. The number of carbonyl (C=O) groups excluding carboxylic acids is 1. The lowest BCUT2D eigenvalue weighted by atomic mass is 9.87. The summed E-state index contributed by atoms with van der Waals surface area (Å²) in [6.07, 6.45) is 6.27. The minimum Gasteiger partial charge on any atom is -0.346 e. The van der Waals surface area contributed by atoms with Crippen molar-refractivity contribution < 1.29 is 4.79 Å². The van der Waals surface area contributed by atoms with Gasteiger partial charge in [-0.25, -0.2) is 9.97 Å². The Morgan fingerprint density at radius 3 is 3.09 bits per heavy atom. The van der Waals surface area contributed by atoms with Gasteiger partial charge < -0.3 is 4.90 Å². The molecule has 118 valence electrons. The van der Waals surface area contributed by atoms with Crippen molar-refractivity contribution in [3.8, 4) is 0 Å². The number of carbonyl (C=O) groups is 1. The second-order valence-corrected chi connectivity index (χ2v) is 7.34. The summed E-state index contributed by atoms with van der Waals surface area (Å²) in [6.45, 7) is 3.00. The van der Waals surface area contributed by atoms with E-state index in [1.165, 1.54) is 16.8 Å². The first kappa shape index (κ1) is 15.7. The van der Waals surface area contributed by atoms with E-state index in [4.69, 9.17) is 11.6 Å². The Bertz CT molecular complexity index is 700. The molecule has 1 atom stereocenters. The van der Waals surface area contributed by atoms with Crippen LogP contribution in [-0.2, 0) is 17.6 Å². The van der Waals surface area contributed by atoms with E-state index in [1.807, 2.05) is 11.9 Å². The number of nitrogens with zero attached hydrogens (tertiary/aromatic N) is 3. The van der Waals surface area contributed by atoms with Crippen LogP contribution in [0.15, 0.2) is 6.33 Å². The lowest BCUT2D eigenvalue weighted by molar-refractivity contribution is -0.134. The highest BCUT2D eigenvalue weighted by Gasteiger charge is 2.30. The molecule has 0 saturated heterocycles.